The van der Waals surface area contributed by atoms with Crippen LogP contribution < -0.4 is 0 Å². The van der Waals surface area contributed by atoms with Gasteiger partial charge >= 0.3 is 5.97 Å². The fourth-order valence-electron chi connectivity index (χ4n) is 1.85. The third kappa shape index (κ3) is 2.24. The molecular weight excluding hydrogens is 230 g/mol. The molecule has 4 nitrogen and oxygen atoms in total. The molecule has 4 heteroatoms. The Bertz CT molecular complexity index is 571. The SMILES string of the molecule is CC(C)N(C)Cc1oc2ccccc2c1C(=O)O. The third-order valence-electron chi connectivity index (χ3n) is 3.16. The molecule has 0 aliphatic rings. The highest BCUT2D eigenvalue weighted by Gasteiger charge is 2.21. The monoisotopic (exact) mass is 247 g/mol. The highest BCUT2D eigenvalue weighted by atomic mass is 16.4. The summed E-state index contributed by atoms with van der Waals surface area (Å²) >= 11 is 0. The van der Waals surface area contributed by atoms with Gasteiger partial charge in [-0.3, -0.25) is 4.90 Å². The van der Waals surface area contributed by atoms with Gasteiger partial charge in [0, 0.05) is 11.4 Å². The number of benzene rings is 1. The maximum Gasteiger partial charge on any atom is 0.339 e. The Balaban J connectivity index is 2.49. The van der Waals surface area contributed by atoms with Crippen LogP contribution in [-0.2, 0) is 6.54 Å². The Hall–Kier alpha value is -1.81. The lowest BCUT2D eigenvalue weighted by Gasteiger charge is -2.19. The molecule has 1 aromatic heterocycles. The van der Waals surface area contributed by atoms with E-state index in [2.05, 4.69) is 13.8 Å². The smallest absolute Gasteiger partial charge is 0.339 e. The van der Waals surface area contributed by atoms with Crippen LogP contribution in [0.25, 0.3) is 11.0 Å². The van der Waals surface area contributed by atoms with Gasteiger partial charge in [0.15, 0.2) is 0 Å². The largest absolute Gasteiger partial charge is 0.478 e. The van der Waals surface area contributed by atoms with Gasteiger partial charge in [0.1, 0.15) is 16.9 Å². The van der Waals surface area contributed by atoms with Crippen LogP contribution in [0.1, 0.15) is 30.0 Å². The second kappa shape index (κ2) is 4.82. The minimum Gasteiger partial charge on any atom is -0.478 e. The summed E-state index contributed by atoms with van der Waals surface area (Å²) in [5.74, 6) is -0.424. The van der Waals surface area contributed by atoms with E-state index in [9.17, 15) is 9.90 Å². The van der Waals surface area contributed by atoms with Crippen molar-refractivity contribution in [2.24, 2.45) is 0 Å². The molecule has 0 unspecified atom stereocenters. The highest BCUT2D eigenvalue weighted by molar-refractivity contribution is 6.03. The Labute approximate surface area is 106 Å². The Morgan fingerprint density at radius 3 is 2.67 bits per heavy atom. The Morgan fingerprint density at radius 2 is 2.06 bits per heavy atom. The van der Waals surface area contributed by atoms with E-state index in [1.54, 1.807) is 12.1 Å². The van der Waals surface area contributed by atoms with Gasteiger partial charge in [-0.2, -0.15) is 0 Å². The van der Waals surface area contributed by atoms with Crippen molar-refractivity contribution in [2.45, 2.75) is 26.4 Å². The zero-order chi connectivity index (χ0) is 13.3. The van der Waals surface area contributed by atoms with Crippen LogP contribution in [0, 0.1) is 0 Å². The molecular formula is C14H17NO3. The summed E-state index contributed by atoms with van der Waals surface area (Å²) < 4.78 is 5.66. The number of hydrogen-bond donors (Lipinski definition) is 1. The number of aromatic carboxylic acids is 1. The van der Waals surface area contributed by atoms with E-state index in [0.29, 0.717) is 29.3 Å². The highest BCUT2D eigenvalue weighted by Crippen LogP contribution is 2.27. The van der Waals surface area contributed by atoms with Crippen molar-refractivity contribution in [3.8, 4) is 0 Å². The number of hydrogen-bond acceptors (Lipinski definition) is 3. The summed E-state index contributed by atoms with van der Waals surface area (Å²) in [6, 6.07) is 7.56. The van der Waals surface area contributed by atoms with Crippen LogP contribution in [-0.4, -0.2) is 29.1 Å². The number of para-hydroxylation sites is 1. The molecule has 0 saturated carbocycles. The van der Waals surface area contributed by atoms with Crippen molar-refractivity contribution < 1.29 is 14.3 Å². The van der Waals surface area contributed by atoms with Crippen molar-refractivity contribution in [3.63, 3.8) is 0 Å². The van der Waals surface area contributed by atoms with Crippen LogP contribution in [0.15, 0.2) is 28.7 Å². The average molecular weight is 247 g/mol. The average Bonchev–Trinajstić information content (AvgIpc) is 2.66. The maximum absolute atomic E-state index is 11.4. The van der Waals surface area contributed by atoms with Crippen LogP contribution in [0.3, 0.4) is 0 Å². The zero-order valence-electron chi connectivity index (χ0n) is 10.8. The number of furan rings is 1. The minimum absolute atomic E-state index is 0.276. The van der Waals surface area contributed by atoms with Gasteiger partial charge in [-0.25, -0.2) is 4.79 Å². The lowest BCUT2D eigenvalue weighted by Crippen LogP contribution is -2.26. The van der Waals surface area contributed by atoms with Gasteiger partial charge in [0.25, 0.3) is 0 Å². The summed E-state index contributed by atoms with van der Waals surface area (Å²) in [5, 5.41) is 9.99. The van der Waals surface area contributed by atoms with E-state index >= 15 is 0 Å². The van der Waals surface area contributed by atoms with Gasteiger partial charge in [-0.1, -0.05) is 18.2 Å². The molecule has 0 fully saturated rings. The fourth-order valence-corrected chi connectivity index (χ4v) is 1.85. The lowest BCUT2D eigenvalue weighted by atomic mass is 10.1. The van der Waals surface area contributed by atoms with E-state index in [-0.39, 0.29) is 5.56 Å². The number of nitrogens with zero attached hydrogens (tertiary/aromatic N) is 1. The molecule has 2 rings (SSSR count). The van der Waals surface area contributed by atoms with Crippen molar-refractivity contribution in [3.05, 3.63) is 35.6 Å². The maximum atomic E-state index is 11.4. The second-order valence-corrected chi connectivity index (χ2v) is 4.71. The van der Waals surface area contributed by atoms with Crippen LogP contribution in [0.2, 0.25) is 0 Å². The van der Waals surface area contributed by atoms with Crippen LogP contribution >= 0.6 is 0 Å². The first-order valence-electron chi connectivity index (χ1n) is 5.94. The van der Waals surface area contributed by atoms with Crippen molar-refractivity contribution in [2.75, 3.05) is 7.05 Å². The lowest BCUT2D eigenvalue weighted by molar-refractivity contribution is 0.0694. The van der Waals surface area contributed by atoms with Gasteiger partial charge in [0.2, 0.25) is 0 Å². The molecule has 2 aromatic rings. The Kier molecular flexibility index (Phi) is 3.39. The summed E-state index contributed by atoms with van der Waals surface area (Å²) in [4.78, 5) is 13.4. The summed E-state index contributed by atoms with van der Waals surface area (Å²) in [6.07, 6.45) is 0. The van der Waals surface area contributed by atoms with Gasteiger partial charge in [0.05, 0.1) is 6.54 Å². The predicted octanol–water partition coefficient (Wildman–Crippen LogP) is 2.97. The number of carboxylic acid groups (broad SMARTS) is 1. The molecule has 1 heterocycles. The molecule has 0 aliphatic heterocycles. The molecule has 0 radical (unpaired) electrons. The molecule has 0 saturated heterocycles. The molecule has 0 amide bonds. The molecule has 0 spiro atoms. The topological polar surface area (TPSA) is 53.7 Å². The number of fused-ring (bicyclic) bond motifs is 1. The summed E-state index contributed by atoms with van der Waals surface area (Å²) in [7, 11) is 1.95. The number of rotatable bonds is 4. The molecule has 96 valence electrons. The normalized spacial score (nSPS) is 11.6. The van der Waals surface area contributed by atoms with Crippen LogP contribution in [0.4, 0.5) is 0 Å². The first kappa shape index (κ1) is 12.6. The van der Waals surface area contributed by atoms with E-state index in [1.807, 2.05) is 24.1 Å². The van der Waals surface area contributed by atoms with Crippen LogP contribution in [0.5, 0.6) is 0 Å². The van der Waals surface area contributed by atoms with Crippen molar-refractivity contribution >= 4 is 16.9 Å². The molecule has 0 bridgehead atoms. The first-order chi connectivity index (χ1) is 8.50. The summed E-state index contributed by atoms with van der Waals surface area (Å²) in [6.45, 7) is 4.61. The van der Waals surface area contributed by atoms with Gasteiger partial charge in [-0.05, 0) is 27.0 Å². The summed E-state index contributed by atoms with van der Waals surface area (Å²) in [5.41, 5.74) is 0.903. The fraction of sp³-hybridized carbons (Fsp3) is 0.357. The van der Waals surface area contributed by atoms with E-state index in [4.69, 9.17) is 4.42 Å². The quantitative estimate of drug-likeness (QED) is 0.902. The van der Waals surface area contributed by atoms with Crippen molar-refractivity contribution in [1.29, 1.82) is 0 Å². The Morgan fingerprint density at radius 1 is 1.39 bits per heavy atom. The zero-order valence-corrected chi connectivity index (χ0v) is 10.8. The van der Waals surface area contributed by atoms with E-state index < -0.39 is 5.97 Å². The molecule has 1 aromatic carbocycles. The third-order valence-corrected chi connectivity index (χ3v) is 3.16. The molecule has 18 heavy (non-hydrogen) atoms. The standard InChI is InChI=1S/C14H17NO3/c1-9(2)15(3)8-12-13(14(16)17)10-6-4-5-7-11(10)18-12/h4-7,9H,8H2,1-3H3,(H,16,17). The number of carboxylic acids is 1. The second-order valence-electron chi connectivity index (χ2n) is 4.71. The first-order valence-corrected chi connectivity index (χ1v) is 5.94. The van der Waals surface area contributed by atoms with Crippen molar-refractivity contribution in [1.82, 2.24) is 4.90 Å². The minimum atomic E-state index is -0.938. The van der Waals surface area contributed by atoms with E-state index in [0.717, 1.165) is 0 Å². The van der Waals surface area contributed by atoms with E-state index in [1.165, 1.54) is 0 Å². The van der Waals surface area contributed by atoms with Gasteiger partial charge in [-0.15, -0.1) is 0 Å². The molecule has 0 atom stereocenters. The van der Waals surface area contributed by atoms with Gasteiger partial charge < -0.3 is 9.52 Å². The molecule has 1 N–H and O–H groups in total. The number of carbonyl (C=O) groups is 1. The predicted molar refractivity (Wildman–Crippen MR) is 69.8 cm³/mol. The molecule has 0 aliphatic carbocycles.